The molecule has 2 heterocycles. The zero-order chi connectivity index (χ0) is 16.1. The molecule has 0 unspecified atom stereocenters. The molecule has 3 aromatic rings. The molecular weight excluding hydrogens is 403 g/mol. The summed E-state index contributed by atoms with van der Waals surface area (Å²) in [4.78, 5) is 15.8. The van der Waals surface area contributed by atoms with Crippen LogP contribution in [-0.4, -0.2) is 21.7 Å². The Labute approximate surface area is 147 Å². The number of pyridine rings is 1. The maximum atomic E-state index is 11.9. The van der Waals surface area contributed by atoms with Crippen molar-refractivity contribution in [2.75, 3.05) is 0 Å². The van der Waals surface area contributed by atoms with Gasteiger partial charge in [0.15, 0.2) is 0 Å². The average molecular weight is 416 g/mol. The molecule has 0 aliphatic carbocycles. The molecule has 0 spiro atoms. The van der Waals surface area contributed by atoms with E-state index in [-0.39, 0.29) is 5.91 Å². The third-order valence-corrected chi connectivity index (χ3v) is 3.86. The summed E-state index contributed by atoms with van der Waals surface area (Å²) in [6, 6.07) is 17.2. The predicted octanol–water partition coefficient (Wildman–Crippen LogP) is 3.24. The van der Waals surface area contributed by atoms with Gasteiger partial charge in [0.05, 0.1) is 11.9 Å². The standard InChI is InChI=1S/C17H13IN4O/c18-13-6-8-14(9-7-13)22-11-3-4-15(22)12-20-21-17(23)16-5-1-2-10-19-16/h1-12H,(H,21,23). The molecule has 0 fully saturated rings. The van der Waals surface area contributed by atoms with Crippen LogP contribution < -0.4 is 5.43 Å². The molecule has 1 aromatic carbocycles. The van der Waals surface area contributed by atoms with E-state index in [0.29, 0.717) is 5.69 Å². The van der Waals surface area contributed by atoms with Gasteiger partial charge in [-0.15, -0.1) is 0 Å². The van der Waals surface area contributed by atoms with Gasteiger partial charge in [0.1, 0.15) is 5.69 Å². The van der Waals surface area contributed by atoms with E-state index in [9.17, 15) is 4.79 Å². The Bertz CT molecular complexity index is 825. The Hall–Kier alpha value is -2.48. The minimum absolute atomic E-state index is 0.331. The molecule has 6 heteroatoms. The Morgan fingerprint density at radius 3 is 2.70 bits per heavy atom. The summed E-state index contributed by atoms with van der Waals surface area (Å²) in [5.74, 6) is -0.339. The fourth-order valence-electron chi connectivity index (χ4n) is 2.05. The van der Waals surface area contributed by atoms with Crippen molar-refractivity contribution in [1.82, 2.24) is 15.0 Å². The number of halogens is 1. The van der Waals surface area contributed by atoms with Crippen LogP contribution >= 0.6 is 22.6 Å². The molecule has 2 aromatic heterocycles. The maximum absolute atomic E-state index is 11.9. The van der Waals surface area contributed by atoms with Crippen molar-refractivity contribution in [3.63, 3.8) is 0 Å². The number of rotatable bonds is 4. The van der Waals surface area contributed by atoms with Gasteiger partial charge in [0.2, 0.25) is 0 Å². The molecular formula is C17H13IN4O. The van der Waals surface area contributed by atoms with Crippen LogP contribution in [0.2, 0.25) is 0 Å². The quantitative estimate of drug-likeness (QED) is 0.404. The third-order valence-electron chi connectivity index (χ3n) is 3.15. The molecule has 5 nitrogen and oxygen atoms in total. The SMILES string of the molecule is O=C(NN=Cc1cccn1-c1ccc(I)cc1)c1ccccn1. The van der Waals surface area contributed by atoms with Gasteiger partial charge in [-0.3, -0.25) is 9.78 Å². The topological polar surface area (TPSA) is 59.3 Å². The number of carbonyl (C=O) groups excluding carboxylic acids is 1. The number of hydrazone groups is 1. The van der Waals surface area contributed by atoms with Gasteiger partial charge >= 0.3 is 0 Å². The van der Waals surface area contributed by atoms with Gasteiger partial charge in [-0.25, -0.2) is 5.43 Å². The van der Waals surface area contributed by atoms with Crippen LogP contribution in [0.15, 0.2) is 72.1 Å². The molecule has 23 heavy (non-hydrogen) atoms. The summed E-state index contributed by atoms with van der Waals surface area (Å²) < 4.78 is 3.17. The Kier molecular flexibility index (Phi) is 4.82. The highest BCUT2D eigenvalue weighted by Crippen LogP contribution is 2.13. The van der Waals surface area contributed by atoms with E-state index in [2.05, 4.69) is 38.1 Å². The van der Waals surface area contributed by atoms with E-state index in [1.165, 1.54) is 3.57 Å². The number of hydrogen-bond acceptors (Lipinski definition) is 3. The molecule has 114 valence electrons. The van der Waals surface area contributed by atoms with Crippen LogP contribution in [0.5, 0.6) is 0 Å². The lowest BCUT2D eigenvalue weighted by Gasteiger charge is -2.06. The van der Waals surface area contributed by atoms with Crippen molar-refractivity contribution in [3.8, 4) is 5.69 Å². The highest BCUT2D eigenvalue weighted by molar-refractivity contribution is 14.1. The van der Waals surface area contributed by atoms with Crippen LogP contribution in [0.25, 0.3) is 5.69 Å². The smallest absolute Gasteiger partial charge is 0.289 e. The summed E-state index contributed by atoms with van der Waals surface area (Å²) in [6.45, 7) is 0. The van der Waals surface area contributed by atoms with Crippen molar-refractivity contribution in [3.05, 3.63) is 81.9 Å². The number of benzene rings is 1. The number of amides is 1. The van der Waals surface area contributed by atoms with Crippen LogP contribution in [-0.2, 0) is 0 Å². The molecule has 0 bridgehead atoms. The second-order valence-electron chi connectivity index (χ2n) is 4.69. The summed E-state index contributed by atoms with van der Waals surface area (Å²) in [5, 5.41) is 4.01. The van der Waals surface area contributed by atoms with Gasteiger partial charge in [-0.05, 0) is 71.1 Å². The first-order chi connectivity index (χ1) is 11.2. The fourth-order valence-corrected chi connectivity index (χ4v) is 2.41. The zero-order valence-corrected chi connectivity index (χ0v) is 14.2. The van der Waals surface area contributed by atoms with Gasteiger partial charge in [0, 0.05) is 21.7 Å². The normalized spacial score (nSPS) is 10.8. The maximum Gasteiger partial charge on any atom is 0.289 e. The molecule has 0 saturated heterocycles. The first-order valence-electron chi connectivity index (χ1n) is 6.92. The molecule has 0 atom stereocenters. The molecule has 0 radical (unpaired) electrons. The van der Waals surface area contributed by atoms with Crippen molar-refractivity contribution in [2.45, 2.75) is 0 Å². The number of nitrogens with one attached hydrogen (secondary N) is 1. The van der Waals surface area contributed by atoms with Gasteiger partial charge in [0.25, 0.3) is 5.91 Å². The number of aromatic nitrogens is 2. The predicted molar refractivity (Wildman–Crippen MR) is 97.8 cm³/mol. The lowest BCUT2D eigenvalue weighted by Crippen LogP contribution is -2.18. The summed E-state index contributed by atoms with van der Waals surface area (Å²) in [5.41, 5.74) is 4.71. The Morgan fingerprint density at radius 1 is 1.13 bits per heavy atom. The van der Waals surface area contributed by atoms with E-state index in [1.807, 2.05) is 47.2 Å². The van der Waals surface area contributed by atoms with Crippen LogP contribution in [0, 0.1) is 3.57 Å². The highest BCUT2D eigenvalue weighted by Gasteiger charge is 2.04. The van der Waals surface area contributed by atoms with Gasteiger partial charge in [-0.2, -0.15) is 5.10 Å². The number of hydrogen-bond donors (Lipinski definition) is 1. The van der Waals surface area contributed by atoms with Crippen molar-refractivity contribution in [1.29, 1.82) is 0 Å². The Balaban J connectivity index is 1.73. The largest absolute Gasteiger partial charge is 0.316 e. The first-order valence-corrected chi connectivity index (χ1v) is 7.99. The highest BCUT2D eigenvalue weighted by atomic mass is 127. The lowest BCUT2D eigenvalue weighted by atomic mass is 10.3. The van der Waals surface area contributed by atoms with E-state index in [0.717, 1.165) is 11.4 Å². The van der Waals surface area contributed by atoms with Gasteiger partial charge < -0.3 is 4.57 Å². The van der Waals surface area contributed by atoms with E-state index >= 15 is 0 Å². The summed E-state index contributed by atoms with van der Waals surface area (Å²) in [6.07, 6.45) is 5.13. The Morgan fingerprint density at radius 2 is 1.96 bits per heavy atom. The van der Waals surface area contributed by atoms with Crippen LogP contribution in [0.3, 0.4) is 0 Å². The van der Waals surface area contributed by atoms with Crippen molar-refractivity contribution >= 4 is 34.7 Å². The third kappa shape index (κ3) is 3.84. The van der Waals surface area contributed by atoms with Crippen LogP contribution in [0.1, 0.15) is 16.2 Å². The monoisotopic (exact) mass is 416 g/mol. The minimum Gasteiger partial charge on any atom is -0.316 e. The lowest BCUT2D eigenvalue weighted by molar-refractivity contribution is 0.0950. The molecule has 0 saturated carbocycles. The molecule has 3 rings (SSSR count). The summed E-state index contributed by atoms with van der Waals surface area (Å²) >= 11 is 2.27. The molecule has 0 aliphatic heterocycles. The fraction of sp³-hybridized carbons (Fsp3) is 0. The first kappa shape index (κ1) is 15.4. The molecule has 0 aliphatic rings. The van der Waals surface area contributed by atoms with Crippen molar-refractivity contribution < 1.29 is 4.79 Å². The number of nitrogens with zero attached hydrogens (tertiary/aromatic N) is 3. The van der Waals surface area contributed by atoms with E-state index < -0.39 is 0 Å². The average Bonchev–Trinajstić information content (AvgIpc) is 3.05. The van der Waals surface area contributed by atoms with E-state index in [1.54, 1.807) is 30.6 Å². The summed E-state index contributed by atoms with van der Waals surface area (Å²) in [7, 11) is 0. The van der Waals surface area contributed by atoms with E-state index in [4.69, 9.17) is 0 Å². The van der Waals surface area contributed by atoms with Crippen molar-refractivity contribution in [2.24, 2.45) is 5.10 Å². The minimum atomic E-state index is -0.339. The molecule has 1 N–H and O–H groups in total. The number of carbonyl (C=O) groups is 1. The molecule has 1 amide bonds. The van der Waals surface area contributed by atoms with Gasteiger partial charge in [-0.1, -0.05) is 6.07 Å². The second-order valence-corrected chi connectivity index (χ2v) is 5.94. The van der Waals surface area contributed by atoms with Crippen LogP contribution in [0.4, 0.5) is 0 Å². The zero-order valence-electron chi connectivity index (χ0n) is 12.1. The second kappa shape index (κ2) is 7.19.